The Bertz CT molecular complexity index is 714. The highest BCUT2D eigenvalue weighted by Crippen LogP contribution is 2.40. The molecule has 24 heavy (non-hydrogen) atoms. The molecule has 0 saturated heterocycles. The van der Waals surface area contributed by atoms with Gasteiger partial charge in [0.05, 0.1) is 13.5 Å². The van der Waals surface area contributed by atoms with E-state index in [9.17, 15) is 4.79 Å². The fourth-order valence-corrected chi connectivity index (χ4v) is 3.21. The van der Waals surface area contributed by atoms with Crippen LogP contribution in [0.5, 0.6) is 5.75 Å². The quantitative estimate of drug-likeness (QED) is 0.833. The third kappa shape index (κ3) is 3.37. The highest BCUT2D eigenvalue weighted by molar-refractivity contribution is 5.73. The Morgan fingerprint density at radius 3 is 2.67 bits per heavy atom. The Kier molecular flexibility index (Phi) is 4.74. The summed E-state index contributed by atoms with van der Waals surface area (Å²) in [6.07, 6.45) is 0.338. The molecule has 1 aliphatic rings. The molecule has 3 atom stereocenters. The molecule has 0 amide bonds. The van der Waals surface area contributed by atoms with Crippen molar-refractivity contribution in [3.63, 3.8) is 0 Å². The van der Waals surface area contributed by atoms with Gasteiger partial charge in [0.1, 0.15) is 11.9 Å². The van der Waals surface area contributed by atoms with Crippen LogP contribution in [0.4, 0.5) is 5.69 Å². The summed E-state index contributed by atoms with van der Waals surface area (Å²) in [5.41, 5.74) is 3.32. The maximum atomic E-state index is 11.7. The number of hydrogen-bond donors (Lipinski definition) is 1. The van der Waals surface area contributed by atoms with Crippen LogP contribution in [0, 0.1) is 0 Å². The molecule has 2 aromatic carbocycles. The van der Waals surface area contributed by atoms with E-state index in [1.165, 1.54) is 7.11 Å². The predicted octanol–water partition coefficient (Wildman–Crippen LogP) is 4.29. The Labute approximate surface area is 142 Å². The van der Waals surface area contributed by atoms with E-state index < -0.39 is 0 Å². The van der Waals surface area contributed by atoms with Crippen LogP contribution >= 0.6 is 0 Å². The van der Waals surface area contributed by atoms with E-state index >= 15 is 0 Å². The van der Waals surface area contributed by atoms with Gasteiger partial charge in [-0.2, -0.15) is 0 Å². The number of hydrogen-bond acceptors (Lipinski definition) is 4. The highest BCUT2D eigenvalue weighted by Gasteiger charge is 2.31. The van der Waals surface area contributed by atoms with Gasteiger partial charge in [0, 0.05) is 17.6 Å². The van der Waals surface area contributed by atoms with E-state index in [2.05, 4.69) is 24.4 Å². The number of rotatable bonds is 5. The third-order valence-electron chi connectivity index (χ3n) is 4.61. The minimum Gasteiger partial charge on any atom is -0.486 e. The lowest BCUT2D eigenvalue weighted by molar-refractivity contribution is -0.141. The summed E-state index contributed by atoms with van der Waals surface area (Å²) < 4.78 is 10.9. The summed E-state index contributed by atoms with van der Waals surface area (Å²) in [6.45, 7) is 4.12. The summed E-state index contributed by atoms with van der Waals surface area (Å²) in [6, 6.07) is 16.4. The van der Waals surface area contributed by atoms with E-state index in [1.54, 1.807) is 0 Å². The zero-order valence-corrected chi connectivity index (χ0v) is 14.3. The number of ether oxygens (including phenoxy) is 2. The van der Waals surface area contributed by atoms with Crippen molar-refractivity contribution in [1.29, 1.82) is 0 Å². The van der Waals surface area contributed by atoms with Crippen LogP contribution in [0.2, 0.25) is 0 Å². The molecule has 0 saturated carbocycles. The van der Waals surface area contributed by atoms with Gasteiger partial charge in [0.25, 0.3) is 0 Å². The van der Waals surface area contributed by atoms with Crippen molar-refractivity contribution in [1.82, 2.24) is 0 Å². The van der Waals surface area contributed by atoms with Gasteiger partial charge in [-0.25, -0.2) is 0 Å². The highest BCUT2D eigenvalue weighted by atomic mass is 16.5. The first-order chi connectivity index (χ1) is 11.6. The molecular formula is C20H23NO3. The van der Waals surface area contributed by atoms with Crippen LogP contribution in [0.1, 0.15) is 43.4 Å². The number of nitrogens with one attached hydrogen (secondary N) is 1. The van der Waals surface area contributed by atoms with Gasteiger partial charge in [-0.3, -0.25) is 4.79 Å². The van der Waals surface area contributed by atoms with Crippen molar-refractivity contribution in [2.75, 3.05) is 12.4 Å². The fourth-order valence-electron chi connectivity index (χ4n) is 3.21. The first-order valence-electron chi connectivity index (χ1n) is 8.27. The lowest BCUT2D eigenvalue weighted by atomic mass is 9.92. The molecule has 0 spiro atoms. The monoisotopic (exact) mass is 325 g/mol. The molecule has 4 nitrogen and oxygen atoms in total. The number of carbonyl (C=O) groups excluding carboxylic acids is 1. The topological polar surface area (TPSA) is 47.6 Å². The molecule has 0 radical (unpaired) electrons. The lowest BCUT2D eigenvalue weighted by Crippen LogP contribution is -2.19. The Balaban J connectivity index is 1.79. The predicted molar refractivity (Wildman–Crippen MR) is 94.4 cm³/mol. The minimum absolute atomic E-state index is 0.0323. The second-order valence-electron chi connectivity index (χ2n) is 6.24. The molecular weight excluding hydrogens is 302 g/mol. The molecule has 0 bridgehead atoms. The van der Waals surface area contributed by atoms with Crippen LogP contribution in [0.3, 0.4) is 0 Å². The van der Waals surface area contributed by atoms with Crippen molar-refractivity contribution in [3.05, 3.63) is 59.7 Å². The van der Waals surface area contributed by atoms with Crippen molar-refractivity contribution in [2.45, 2.75) is 38.3 Å². The van der Waals surface area contributed by atoms with E-state index in [-0.39, 0.29) is 24.0 Å². The average Bonchev–Trinajstić information content (AvgIpc) is 2.90. The largest absolute Gasteiger partial charge is 0.486 e. The lowest BCUT2D eigenvalue weighted by Gasteiger charge is -2.17. The number of anilines is 1. The van der Waals surface area contributed by atoms with Gasteiger partial charge < -0.3 is 14.8 Å². The van der Waals surface area contributed by atoms with Gasteiger partial charge in [-0.05, 0) is 43.2 Å². The molecule has 0 aliphatic carbocycles. The summed E-state index contributed by atoms with van der Waals surface area (Å²) in [5.74, 6) is 0.726. The molecule has 4 heteroatoms. The van der Waals surface area contributed by atoms with Crippen molar-refractivity contribution in [2.24, 2.45) is 0 Å². The van der Waals surface area contributed by atoms with Crippen molar-refractivity contribution in [3.8, 4) is 5.75 Å². The van der Waals surface area contributed by atoms with Gasteiger partial charge in [0.2, 0.25) is 0 Å². The zero-order chi connectivity index (χ0) is 17.1. The third-order valence-corrected chi connectivity index (χ3v) is 4.61. The van der Waals surface area contributed by atoms with Gasteiger partial charge in [0.15, 0.2) is 0 Å². The van der Waals surface area contributed by atoms with E-state index in [4.69, 9.17) is 9.47 Å². The Morgan fingerprint density at radius 2 is 1.96 bits per heavy atom. The van der Waals surface area contributed by atoms with Crippen LogP contribution in [-0.2, 0) is 9.53 Å². The van der Waals surface area contributed by atoms with E-state index in [0.29, 0.717) is 6.42 Å². The second kappa shape index (κ2) is 6.95. The SMILES string of the molecule is COC(=O)CC1c2cc(OC(C)c3ccccc3)ccc2NC1C. The first-order valence-corrected chi connectivity index (χ1v) is 8.27. The summed E-state index contributed by atoms with van der Waals surface area (Å²) in [5, 5.41) is 3.43. The number of benzene rings is 2. The summed E-state index contributed by atoms with van der Waals surface area (Å²) in [4.78, 5) is 11.7. The smallest absolute Gasteiger partial charge is 0.306 e. The number of esters is 1. The maximum absolute atomic E-state index is 11.7. The van der Waals surface area contributed by atoms with Crippen molar-refractivity contribution >= 4 is 11.7 Å². The van der Waals surface area contributed by atoms with E-state index in [1.807, 2.05) is 43.3 Å². The summed E-state index contributed by atoms with van der Waals surface area (Å²) in [7, 11) is 1.43. The molecule has 3 rings (SSSR count). The van der Waals surface area contributed by atoms with Crippen LogP contribution in [-0.4, -0.2) is 19.1 Å². The standard InChI is InChI=1S/C20H23NO3/c1-13-17(12-20(22)23-3)18-11-16(9-10-19(18)21-13)24-14(2)15-7-5-4-6-8-15/h4-11,13-14,17,21H,12H2,1-3H3. The fraction of sp³-hybridized carbons (Fsp3) is 0.350. The van der Waals surface area contributed by atoms with Gasteiger partial charge >= 0.3 is 5.97 Å². The average molecular weight is 325 g/mol. The van der Waals surface area contributed by atoms with E-state index in [0.717, 1.165) is 22.6 Å². The van der Waals surface area contributed by atoms with Crippen LogP contribution < -0.4 is 10.1 Å². The molecule has 3 unspecified atom stereocenters. The number of methoxy groups -OCH3 is 1. The van der Waals surface area contributed by atoms with Crippen LogP contribution in [0.25, 0.3) is 0 Å². The molecule has 1 aliphatic heterocycles. The Hall–Kier alpha value is -2.49. The molecule has 1 heterocycles. The van der Waals surface area contributed by atoms with Crippen molar-refractivity contribution < 1.29 is 14.3 Å². The zero-order valence-electron chi connectivity index (χ0n) is 14.3. The molecule has 126 valence electrons. The molecule has 0 aromatic heterocycles. The molecule has 0 fully saturated rings. The normalized spacial score (nSPS) is 20.0. The summed E-state index contributed by atoms with van der Waals surface area (Å²) >= 11 is 0. The number of fused-ring (bicyclic) bond motifs is 1. The molecule has 1 N–H and O–H groups in total. The van der Waals surface area contributed by atoms with Crippen LogP contribution in [0.15, 0.2) is 48.5 Å². The second-order valence-corrected chi connectivity index (χ2v) is 6.24. The van der Waals surface area contributed by atoms with Gasteiger partial charge in [-0.1, -0.05) is 30.3 Å². The maximum Gasteiger partial charge on any atom is 0.306 e. The Morgan fingerprint density at radius 1 is 1.21 bits per heavy atom. The minimum atomic E-state index is -0.189. The van der Waals surface area contributed by atoms with Gasteiger partial charge in [-0.15, -0.1) is 0 Å². The first kappa shape index (κ1) is 16.4. The number of carbonyl (C=O) groups is 1. The molecule has 2 aromatic rings.